The second kappa shape index (κ2) is 6.27. The minimum Gasteiger partial charge on any atom is -0.493 e. The zero-order chi connectivity index (χ0) is 13.8. The first-order chi connectivity index (χ1) is 9.83. The van der Waals surface area contributed by atoms with Crippen LogP contribution in [0.2, 0.25) is 0 Å². The largest absolute Gasteiger partial charge is 0.493 e. The van der Waals surface area contributed by atoms with E-state index in [-0.39, 0.29) is 5.91 Å². The lowest BCUT2D eigenvalue weighted by Gasteiger charge is -2.07. The summed E-state index contributed by atoms with van der Waals surface area (Å²) >= 11 is 0. The summed E-state index contributed by atoms with van der Waals surface area (Å²) in [6, 6.07) is 5.64. The molecule has 0 radical (unpaired) electrons. The number of carbonyl (C=O) groups excluding carboxylic acids is 1. The Morgan fingerprint density at radius 1 is 1.40 bits per heavy atom. The Hall–Kier alpha value is -1.55. The molecular weight excluding hydrogens is 254 g/mol. The molecule has 1 heterocycles. The molecule has 0 aromatic heterocycles. The molecule has 0 unspecified atom stereocenters. The van der Waals surface area contributed by atoms with Gasteiger partial charge in [0.2, 0.25) is 0 Å². The summed E-state index contributed by atoms with van der Waals surface area (Å²) in [6.07, 6.45) is 4.40. The lowest BCUT2D eigenvalue weighted by atomic mass is 10.1. The predicted molar refractivity (Wildman–Crippen MR) is 76.1 cm³/mol. The van der Waals surface area contributed by atoms with E-state index in [2.05, 4.69) is 5.32 Å². The maximum absolute atomic E-state index is 12.0. The number of nitrogens with one attached hydrogen (secondary N) is 1. The van der Waals surface area contributed by atoms with Crippen LogP contribution in [0.3, 0.4) is 0 Å². The van der Waals surface area contributed by atoms with Crippen LogP contribution < -0.4 is 10.1 Å². The van der Waals surface area contributed by atoms with E-state index in [1.165, 1.54) is 12.8 Å². The second-order valence-corrected chi connectivity index (χ2v) is 5.55. The smallest absolute Gasteiger partial charge is 0.251 e. The van der Waals surface area contributed by atoms with Crippen molar-refractivity contribution in [3.05, 3.63) is 29.3 Å². The van der Waals surface area contributed by atoms with Gasteiger partial charge in [-0.05, 0) is 48.9 Å². The molecule has 0 bridgehead atoms. The molecule has 1 aromatic rings. The fraction of sp³-hybridized carbons (Fsp3) is 0.562. The van der Waals surface area contributed by atoms with Crippen molar-refractivity contribution in [1.82, 2.24) is 5.32 Å². The fourth-order valence-electron chi connectivity index (χ4n) is 2.34. The third kappa shape index (κ3) is 3.51. The maximum Gasteiger partial charge on any atom is 0.251 e. The van der Waals surface area contributed by atoms with E-state index in [1.54, 1.807) is 0 Å². The molecule has 3 rings (SSSR count). The van der Waals surface area contributed by atoms with E-state index < -0.39 is 0 Å². The number of ether oxygens (including phenoxy) is 2. The molecule has 1 aliphatic carbocycles. The highest BCUT2D eigenvalue weighted by molar-refractivity contribution is 5.94. The lowest BCUT2D eigenvalue weighted by molar-refractivity contribution is 0.0937. The summed E-state index contributed by atoms with van der Waals surface area (Å²) in [5.74, 6) is 1.70. The summed E-state index contributed by atoms with van der Waals surface area (Å²) in [6.45, 7) is 3.00. The van der Waals surface area contributed by atoms with Gasteiger partial charge in [-0.25, -0.2) is 0 Å². The predicted octanol–water partition coefficient (Wildman–Crippen LogP) is 2.17. The van der Waals surface area contributed by atoms with E-state index >= 15 is 0 Å². The Kier molecular flexibility index (Phi) is 4.21. The minimum absolute atomic E-state index is 0.0121. The van der Waals surface area contributed by atoms with Gasteiger partial charge in [0.05, 0.1) is 6.61 Å². The zero-order valence-corrected chi connectivity index (χ0v) is 11.7. The van der Waals surface area contributed by atoms with Gasteiger partial charge >= 0.3 is 0 Å². The van der Waals surface area contributed by atoms with Crippen molar-refractivity contribution in [2.75, 3.05) is 26.4 Å². The van der Waals surface area contributed by atoms with Gasteiger partial charge in [0.25, 0.3) is 5.91 Å². The van der Waals surface area contributed by atoms with Crippen LogP contribution in [0.25, 0.3) is 0 Å². The third-order valence-corrected chi connectivity index (χ3v) is 3.75. The molecule has 1 saturated carbocycles. The first-order valence-corrected chi connectivity index (χ1v) is 7.44. The SMILES string of the molecule is O=C(NCCCOCC1CC1)c1ccc2c(c1)CCO2. The van der Waals surface area contributed by atoms with Crippen molar-refractivity contribution < 1.29 is 14.3 Å². The first-order valence-electron chi connectivity index (χ1n) is 7.44. The Labute approximate surface area is 119 Å². The molecular formula is C16H21NO3. The van der Waals surface area contributed by atoms with E-state index in [1.807, 2.05) is 18.2 Å². The van der Waals surface area contributed by atoms with Crippen molar-refractivity contribution in [2.24, 2.45) is 5.92 Å². The molecule has 1 fully saturated rings. The fourth-order valence-corrected chi connectivity index (χ4v) is 2.34. The van der Waals surface area contributed by atoms with E-state index in [9.17, 15) is 4.79 Å². The molecule has 1 aliphatic heterocycles. The molecule has 108 valence electrons. The molecule has 20 heavy (non-hydrogen) atoms. The number of carbonyl (C=O) groups is 1. The molecule has 1 aromatic carbocycles. The van der Waals surface area contributed by atoms with Gasteiger partial charge in [-0.15, -0.1) is 0 Å². The van der Waals surface area contributed by atoms with Crippen LogP contribution >= 0.6 is 0 Å². The van der Waals surface area contributed by atoms with Gasteiger partial charge in [-0.1, -0.05) is 0 Å². The maximum atomic E-state index is 12.0. The van der Waals surface area contributed by atoms with Crippen molar-refractivity contribution in [2.45, 2.75) is 25.7 Å². The highest BCUT2D eigenvalue weighted by atomic mass is 16.5. The molecule has 2 aliphatic rings. The zero-order valence-electron chi connectivity index (χ0n) is 11.7. The van der Waals surface area contributed by atoms with E-state index in [0.29, 0.717) is 12.1 Å². The number of fused-ring (bicyclic) bond motifs is 1. The second-order valence-electron chi connectivity index (χ2n) is 5.55. The van der Waals surface area contributed by atoms with Gasteiger partial charge in [0, 0.05) is 31.7 Å². The quantitative estimate of drug-likeness (QED) is 0.776. The molecule has 1 N–H and O–H groups in total. The first kappa shape index (κ1) is 13.4. The monoisotopic (exact) mass is 275 g/mol. The number of rotatable bonds is 7. The molecule has 0 saturated heterocycles. The van der Waals surface area contributed by atoms with Gasteiger partial charge in [-0.2, -0.15) is 0 Å². The van der Waals surface area contributed by atoms with Gasteiger partial charge in [0.1, 0.15) is 5.75 Å². The van der Waals surface area contributed by atoms with Crippen LogP contribution in [0.4, 0.5) is 0 Å². The van der Waals surface area contributed by atoms with E-state index in [0.717, 1.165) is 49.9 Å². The molecule has 4 heteroatoms. The summed E-state index contributed by atoms with van der Waals surface area (Å²) in [7, 11) is 0. The van der Waals surface area contributed by atoms with Crippen LogP contribution in [-0.2, 0) is 11.2 Å². The normalized spacial score (nSPS) is 16.6. The van der Waals surface area contributed by atoms with Crippen LogP contribution in [0.15, 0.2) is 18.2 Å². The Morgan fingerprint density at radius 3 is 3.15 bits per heavy atom. The Bertz CT molecular complexity index is 483. The standard InChI is InChI=1S/C16H21NO3/c18-16(17-7-1-8-19-11-12-2-3-12)14-4-5-15-13(10-14)6-9-20-15/h4-5,10,12H,1-3,6-9,11H2,(H,17,18). The van der Waals surface area contributed by atoms with Crippen molar-refractivity contribution >= 4 is 5.91 Å². The summed E-state index contributed by atoms with van der Waals surface area (Å²) < 4.78 is 11.0. The minimum atomic E-state index is -0.0121. The Morgan fingerprint density at radius 2 is 2.30 bits per heavy atom. The number of hydrogen-bond acceptors (Lipinski definition) is 3. The summed E-state index contributed by atoms with van der Waals surface area (Å²) in [5, 5.41) is 2.93. The number of amides is 1. The average molecular weight is 275 g/mol. The lowest BCUT2D eigenvalue weighted by Crippen LogP contribution is -2.25. The molecule has 4 nitrogen and oxygen atoms in total. The van der Waals surface area contributed by atoms with Crippen LogP contribution in [0.1, 0.15) is 35.2 Å². The van der Waals surface area contributed by atoms with Crippen LogP contribution in [-0.4, -0.2) is 32.3 Å². The summed E-state index contributed by atoms with van der Waals surface area (Å²) in [4.78, 5) is 12.0. The van der Waals surface area contributed by atoms with Crippen molar-refractivity contribution in [1.29, 1.82) is 0 Å². The topological polar surface area (TPSA) is 47.6 Å². The molecule has 1 amide bonds. The highest BCUT2D eigenvalue weighted by Crippen LogP contribution is 2.28. The highest BCUT2D eigenvalue weighted by Gasteiger charge is 2.20. The van der Waals surface area contributed by atoms with Crippen LogP contribution in [0.5, 0.6) is 5.75 Å². The van der Waals surface area contributed by atoms with Gasteiger partial charge in [0.15, 0.2) is 0 Å². The van der Waals surface area contributed by atoms with Crippen molar-refractivity contribution in [3.8, 4) is 5.75 Å². The van der Waals surface area contributed by atoms with Crippen molar-refractivity contribution in [3.63, 3.8) is 0 Å². The number of benzene rings is 1. The third-order valence-electron chi connectivity index (χ3n) is 3.75. The Balaban J connectivity index is 1.37. The molecule has 0 atom stereocenters. The average Bonchev–Trinajstić information content (AvgIpc) is 3.17. The van der Waals surface area contributed by atoms with E-state index in [4.69, 9.17) is 9.47 Å². The summed E-state index contributed by atoms with van der Waals surface area (Å²) in [5.41, 5.74) is 1.85. The number of hydrogen-bond donors (Lipinski definition) is 1. The van der Waals surface area contributed by atoms with Gasteiger partial charge in [-0.3, -0.25) is 4.79 Å². The molecule has 0 spiro atoms. The van der Waals surface area contributed by atoms with Crippen LogP contribution in [0, 0.1) is 5.92 Å². The van der Waals surface area contributed by atoms with Gasteiger partial charge < -0.3 is 14.8 Å².